The molecule has 1 amide bonds. The van der Waals surface area contributed by atoms with E-state index >= 15 is 0 Å². The zero-order valence-corrected chi connectivity index (χ0v) is 12.2. The number of hydrogen-bond acceptors (Lipinski definition) is 3. The van der Waals surface area contributed by atoms with Crippen LogP contribution in [0.4, 0.5) is 5.69 Å². The summed E-state index contributed by atoms with van der Waals surface area (Å²) in [7, 11) is 0. The van der Waals surface area contributed by atoms with Crippen LogP contribution in [-0.4, -0.2) is 15.5 Å². The number of fused-ring (bicyclic) bond motifs is 1. The van der Waals surface area contributed by atoms with Crippen molar-refractivity contribution in [2.45, 2.75) is 19.4 Å². The van der Waals surface area contributed by atoms with Crippen LogP contribution in [0.25, 0.3) is 11.0 Å². The number of rotatable bonds is 5. The minimum atomic E-state index is -0.386. The molecule has 3 aromatic rings. The Bertz CT molecular complexity index is 808. The van der Waals surface area contributed by atoms with E-state index in [1.807, 2.05) is 41.0 Å². The van der Waals surface area contributed by atoms with Crippen LogP contribution in [0.1, 0.15) is 11.4 Å². The summed E-state index contributed by atoms with van der Waals surface area (Å²) in [6, 6.07) is 15.8. The fourth-order valence-corrected chi connectivity index (χ4v) is 2.64. The smallest absolute Gasteiger partial charge is 0.237 e. The fourth-order valence-electron chi connectivity index (χ4n) is 2.64. The number of aromatic nitrogens is 2. The van der Waals surface area contributed by atoms with Crippen LogP contribution >= 0.6 is 0 Å². The summed E-state index contributed by atoms with van der Waals surface area (Å²) in [6.45, 7) is 0.115. The number of hydrogen-bond donors (Lipinski definition) is 2. The molecule has 1 aromatic heterocycles. The molecule has 0 bridgehead atoms. The largest absolute Gasteiger partial charge is 0.397 e. The Hall–Kier alpha value is -2.82. The Balaban J connectivity index is 1.96. The number of imidazole rings is 1. The van der Waals surface area contributed by atoms with Crippen molar-refractivity contribution in [3.05, 3.63) is 59.9 Å². The SMILES string of the molecule is NC(=O)Cn1c(CCc2ccccc2)nc2c(N)cccc21. The first-order valence-electron chi connectivity index (χ1n) is 7.21. The first-order valence-corrected chi connectivity index (χ1v) is 7.21. The molecule has 0 saturated heterocycles. The summed E-state index contributed by atoms with van der Waals surface area (Å²) >= 11 is 0. The van der Waals surface area contributed by atoms with Gasteiger partial charge in [-0.25, -0.2) is 4.98 Å². The number of aryl methyl sites for hydroxylation is 2. The Morgan fingerprint density at radius 3 is 2.55 bits per heavy atom. The number of carbonyl (C=O) groups is 1. The summed E-state index contributed by atoms with van der Waals surface area (Å²) < 4.78 is 1.86. The van der Waals surface area contributed by atoms with Crippen LogP contribution in [0.15, 0.2) is 48.5 Å². The van der Waals surface area contributed by atoms with Crippen molar-refractivity contribution < 1.29 is 4.79 Å². The Morgan fingerprint density at radius 1 is 1.05 bits per heavy atom. The van der Waals surface area contributed by atoms with Crippen molar-refractivity contribution >= 4 is 22.6 Å². The number of nitrogens with zero attached hydrogens (tertiary/aromatic N) is 2. The number of para-hydroxylation sites is 1. The van der Waals surface area contributed by atoms with Gasteiger partial charge in [-0.3, -0.25) is 4.79 Å². The Morgan fingerprint density at radius 2 is 1.82 bits per heavy atom. The lowest BCUT2D eigenvalue weighted by molar-refractivity contribution is -0.118. The molecule has 4 N–H and O–H groups in total. The topological polar surface area (TPSA) is 86.9 Å². The Kier molecular flexibility index (Phi) is 3.78. The molecule has 3 rings (SSSR count). The molecule has 0 aliphatic rings. The quantitative estimate of drug-likeness (QED) is 0.704. The second-order valence-corrected chi connectivity index (χ2v) is 5.28. The molecule has 0 aliphatic carbocycles. The molecule has 2 aromatic carbocycles. The van der Waals surface area contributed by atoms with Gasteiger partial charge >= 0.3 is 0 Å². The van der Waals surface area contributed by atoms with Crippen molar-refractivity contribution in [2.75, 3.05) is 5.73 Å². The van der Waals surface area contributed by atoms with Gasteiger partial charge in [0.25, 0.3) is 0 Å². The minimum absolute atomic E-state index is 0.115. The van der Waals surface area contributed by atoms with E-state index in [0.29, 0.717) is 5.69 Å². The third-order valence-electron chi connectivity index (χ3n) is 3.68. The van der Waals surface area contributed by atoms with Crippen molar-refractivity contribution in [2.24, 2.45) is 5.73 Å². The highest BCUT2D eigenvalue weighted by Gasteiger charge is 2.14. The number of amides is 1. The Labute approximate surface area is 128 Å². The summed E-state index contributed by atoms with van der Waals surface area (Å²) in [5, 5.41) is 0. The molecule has 0 fully saturated rings. The third-order valence-corrected chi connectivity index (χ3v) is 3.68. The molecule has 1 heterocycles. The standard InChI is InChI=1S/C17H18N4O/c18-13-7-4-8-14-17(13)20-16(21(14)11-15(19)22)10-9-12-5-2-1-3-6-12/h1-8H,9-11,18H2,(H2,19,22). The molecule has 5 nitrogen and oxygen atoms in total. The van der Waals surface area contributed by atoms with Gasteiger partial charge in [0, 0.05) is 6.42 Å². The van der Waals surface area contributed by atoms with Crippen LogP contribution in [0.5, 0.6) is 0 Å². The summed E-state index contributed by atoms with van der Waals surface area (Å²) in [5.74, 6) is 0.443. The van der Waals surface area contributed by atoms with Gasteiger partial charge in [-0.15, -0.1) is 0 Å². The van der Waals surface area contributed by atoms with Crippen LogP contribution in [0, 0.1) is 0 Å². The lowest BCUT2D eigenvalue weighted by atomic mass is 10.1. The number of nitrogens with two attached hydrogens (primary N) is 2. The molecular formula is C17H18N4O. The molecule has 0 saturated carbocycles. The van der Waals surface area contributed by atoms with Crippen LogP contribution in [0.2, 0.25) is 0 Å². The molecule has 0 aliphatic heterocycles. The average Bonchev–Trinajstić information content (AvgIpc) is 2.85. The monoisotopic (exact) mass is 294 g/mol. The van der Waals surface area contributed by atoms with Gasteiger partial charge in [0.15, 0.2) is 0 Å². The summed E-state index contributed by atoms with van der Waals surface area (Å²) in [5.41, 5.74) is 14.8. The van der Waals surface area contributed by atoms with Crippen molar-refractivity contribution in [1.29, 1.82) is 0 Å². The first-order chi connectivity index (χ1) is 10.6. The maximum atomic E-state index is 11.4. The maximum absolute atomic E-state index is 11.4. The van der Waals surface area contributed by atoms with Gasteiger partial charge < -0.3 is 16.0 Å². The number of benzene rings is 2. The van der Waals surface area contributed by atoms with Crippen LogP contribution in [-0.2, 0) is 24.2 Å². The second-order valence-electron chi connectivity index (χ2n) is 5.28. The van der Waals surface area contributed by atoms with Gasteiger partial charge in [-0.05, 0) is 24.1 Å². The van der Waals surface area contributed by atoms with Crippen molar-refractivity contribution in [3.63, 3.8) is 0 Å². The van der Waals surface area contributed by atoms with Crippen LogP contribution < -0.4 is 11.5 Å². The van der Waals surface area contributed by atoms with E-state index in [-0.39, 0.29) is 12.5 Å². The highest BCUT2D eigenvalue weighted by atomic mass is 16.1. The number of carbonyl (C=O) groups excluding carboxylic acids is 1. The number of anilines is 1. The highest BCUT2D eigenvalue weighted by Crippen LogP contribution is 2.22. The first kappa shape index (κ1) is 14.1. The third kappa shape index (κ3) is 2.79. The van der Waals surface area contributed by atoms with E-state index in [1.165, 1.54) is 5.56 Å². The molecule has 0 unspecified atom stereocenters. The number of primary amides is 1. The van der Waals surface area contributed by atoms with Gasteiger partial charge in [-0.2, -0.15) is 0 Å². The van der Waals surface area contributed by atoms with E-state index in [2.05, 4.69) is 17.1 Å². The van der Waals surface area contributed by atoms with E-state index in [9.17, 15) is 4.79 Å². The number of nitrogen functional groups attached to an aromatic ring is 1. The van der Waals surface area contributed by atoms with Crippen LogP contribution in [0.3, 0.4) is 0 Å². The summed E-state index contributed by atoms with van der Waals surface area (Å²) in [6.07, 6.45) is 1.58. The maximum Gasteiger partial charge on any atom is 0.237 e. The van der Waals surface area contributed by atoms with Crippen molar-refractivity contribution in [1.82, 2.24) is 9.55 Å². The predicted molar refractivity (Wildman–Crippen MR) is 87.2 cm³/mol. The predicted octanol–water partition coefficient (Wildman–Crippen LogP) is 1.89. The van der Waals surface area contributed by atoms with Gasteiger partial charge in [0.05, 0.1) is 11.2 Å². The lowest BCUT2D eigenvalue weighted by Crippen LogP contribution is -2.20. The van der Waals surface area contributed by atoms with Crippen molar-refractivity contribution in [3.8, 4) is 0 Å². The zero-order valence-electron chi connectivity index (χ0n) is 12.2. The molecular weight excluding hydrogens is 276 g/mol. The molecule has 0 spiro atoms. The molecule has 0 radical (unpaired) electrons. The van der Waals surface area contributed by atoms with Gasteiger partial charge in [-0.1, -0.05) is 36.4 Å². The second kappa shape index (κ2) is 5.89. The average molecular weight is 294 g/mol. The normalized spacial score (nSPS) is 10.9. The van der Waals surface area contributed by atoms with E-state index in [4.69, 9.17) is 11.5 Å². The lowest BCUT2D eigenvalue weighted by Gasteiger charge is -2.07. The van der Waals surface area contributed by atoms with E-state index in [1.54, 1.807) is 0 Å². The molecule has 112 valence electrons. The van der Waals surface area contributed by atoms with E-state index < -0.39 is 0 Å². The zero-order chi connectivity index (χ0) is 15.5. The highest BCUT2D eigenvalue weighted by molar-refractivity contribution is 5.88. The molecule has 22 heavy (non-hydrogen) atoms. The molecule has 5 heteroatoms. The van der Waals surface area contributed by atoms with E-state index in [0.717, 1.165) is 29.7 Å². The van der Waals surface area contributed by atoms with Gasteiger partial charge in [0.1, 0.15) is 17.9 Å². The fraction of sp³-hybridized carbons (Fsp3) is 0.176. The summed E-state index contributed by atoms with van der Waals surface area (Å²) in [4.78, 5) is 16.0. The molecule has 0 atom stereocenters. The van der Waals surface area contributed by atoms with Gasteiger partial charge in [0.2, 0.25) is 5.91 Å². The minimum Gasteiger partial charge on any atom is -0.397 e.